The Labute approximate surface area is 170 Å². The second-order valence-corrected chi connectivity index (χ2v) is 9.31. The summed E-state index contributed by atoms with van der Waals surface area (Å²) < 4.78 is 106. The van der Waals surface area contributed by atoms with Crippen molar-refractivity contribution >= 4 is 16.1 Å². The highest BCUT2D eigenvalue weighted by atomic mass is 32.3. The zero-order chi connectivity index (χ0) is 23.2. The number of nitrogens with one attached hydrogen (secondary N) is 1. The number of benzene rings is 2. The topological polar surface area (TPSA) is 72.4 Å². The van der Waals surface area contributed by atoms with E-state index in [2.05, 4.69) is 0 Å². The average molecular weight is 455 g/mol. The lowest BCUT2D eigenvalue weighted by Gasteiger charge is -2.34. The van der Waals surface area contributed by atoms with Crippen molar-refractivity contribution < 1.29 is 40.2 Å². The van der Waals surface area contributed by atoms with E-state index in [1.54, 1.807) is 4.72 Å². The van der Waals surface area contributed by atoms with Crippen LogP contribution in [0.25, 0.3) is 0 Å². The van der Waals surface area contributed by atoms with E-state index >= 15 is 0 Å². The van der Waals surface area contributed by atoms with Gasteiger partial charge >= 0.3 is 12.4 Å². The van der Waals surface area contributed by atoms with Crippen molar-refractivity contribution in [1.82, 2.24) is 0 Å². The minimum atomic E-state index is -6.15. The Morgan fingerprint density at radius 3 is 1.77 bits per heavy atom. The summed E-state index contributed by atoms with van der Waals surface area (Å²) in [5.41, 5.74) is -7.53. The van der Waals surface area contributed by atoms with Gasteiger partial charge in [0.05, 0.1) is 5.69 Å². The molecule has 0 bridgehead atoms. The zero-order valence-corrected chi connectivity index (χ0v) is 16.9. The molecule has 0 aliphatic carbocycles. The number of hydrogen-bond donors (Lipinski definition) is 2. The summed E-state index contributed by atoms with van der Waals surface area (Å²) in [5, 5.41) is 9.64. The van der Waals surface area contributed by atoms with Crippen molar-refractivity contribution in [2.24, 2.45) is 0 Å². The maximum absolute atomic E-state index is 13.2. The number of sulfonamides is 1. The highest BCUT2D eigenvalue weighted by Gasteiger charge is 2.72. The van der Waals surface area contributed by atoms with E-state index in [9.17, 15) is 40.2 Å². The fraction of sp³-hybridized carbons (Fsp3) is 0.368. The molecule has 0 spiro atoms. The SMILES string of the molecule is CC(C)(C)c1ccc([S+](=O)([O-])Nc2ccccc2C(O)(C(F)(F)F)C(F)(F)F)cc1. The fourth-order valence-corrected chi connectivity index (χ4v) is 3.77. The molecule has 166 valence electrons. The van der Waals surface area contributed by atoms with Crippen LogP contribution >= 0.6 is 0 Å². The Bertz CT molecular complexity index is 934. The fourth-order valence-electron chi connectivity index (χ4n) is 2.69. The van der Waals surface area contributed by atoms with E-state index < -0.39 is 39.6 Å². The van der Waals surface area contributed by atoms with Gasteiger partial charge in [0.2, 0.25) is 0 Å². The van der Waals surface area contributed by atoms with Gasteiger partial charge in [0, 0.05) is 5.56 Å². The molecule has 0 aliphatic heterocycles. The van der Waals surface area contributed by atoms with Crippen molar-refractivity contribution in [3.8, 4) is 0 Å². The van der Waals surface area contributed by atoms with Crippen molar-refractivity contribution in [2.75, 3.05) is 4.72 Å². The molecule has 0 heterocycles. The molecule has 1 unspecified atom stereocenters. The Balaban J connectivity index is 2.54. The molecule has 2 N–H and O–H groups in total. The summed E-state index contributed by atoms with van der Waals surface area (Å²) >= 11 is 0. The van der Waals surface area contributed by atoms with Gasteiger partial charge in [-0.15, -0.1) is 0 Å². The molecule has 1 atom stereocenters. The summed E-state index contributed by atoms with van der Waals surface area (Å²) in [7, 11) is -4.55. The van der Waals surface area contributed by atoms with Crippen LogP contribution in [0.2, 0.25) is 0 Å². The third-order valence-electron chi connectivity index (χ3n) is 4.41. The molecule has 4 nitrogen and oxygen atoms in total. The van der Waals surface area contributed by atoms with Gasteiger partial charge in [-0.3, -0.25) is 0 Å². The standard InChI is InChI=1S/C19H19F6NO3S/c1-16(2,3)12-8-10-13(11-9-12)30(28,29)26-15-7-5-4-6-14(15)17(27,18(20,21)22)19(23,24)25/h4-11,27H,1-3H3,(H-,26,28,29). The molecule has 0 radical (unpaired) electrons. The van der Waals surface area contributed by atoms with E-state index in [0.717, 1.165) is 17.7 Å². The third-order valence-corrected chi connectivity index (χ3v) is 5.79. The third kappa shape index (κ3) is 4.47. The van der Waals surface area contributed by atoms with Gasteiger partial charge in [-0.2, -0.15) is 26.3 Å². The maximum Gasteiger partial charge on any atom is 0.430 e. The first-order valence-corrected chi connectivity index (χ1v) is 9.98. The molecule has 0 saturated heterocycles. The first-order valence-electron chi connectivity index (χ1n) is 8.50. The Kier molecular flexibility index (Phi) is 6.07. The molecule has 0 aliphatic rings. The van der Waals surface area contributed by atoms with Crippen molar-refractivity contribution in [1.29, 1.82) is 0 Å². The first kappa shape index (κ1) is 24.2. The molecular weight excluding hydrogens is 436 g/mol. The number of aliphatic hydroxyl groups is 1. The number of rotatable bonds is 4. The predicted octanol–water partition coefficient (Wildman–Crippen LogP) is 5.31. The van der Waals surface area contributed by atoms with Crippen LogP contribution in [0.4, 0.5) is 32.0 Å². The van der Waals surface area contributed by atoms with Crippen LogP contribution in [-0.4, -0.2) is 22.0 Å². The lowest BCUT2D eigenvalue weighted by molar-refractivity contribution is -0.376. The molecule has 2 rings (SSSR count). The number of para-hydroxylation sites is 1. The zero-order valence-electron chi connectivity index (χ0n) is 16.1. The molecule has 0 aromatic heterocycles. The highest BCUT2D eigenvalue weighted by molar-refractivity contribution is 7.98. The molecule has 2 aromatic rings. The van der Waals surface area contributed by atoms with E-state index in [-0.39, 0.29) is 10.3 Å². The number of alkyl halides is 6. The number of anilines is 1. The molecule has 30 heavy (non-hydrogen) atoms. The quantitative estimate of drug-likeness (QED) is 0.485. The van der Waals surface area contributed by atoms with Crippen LogP contribution in [-0.2, 0) is 25.6 Å². The Hall–Kier alpha value is -2.11. The van der Waals surface area contributed by atoms with Crippen LogP contribution in [0.15, 0.2) is 53.4 Å². The van der Waals surface area contributed by atoms with E-state index in [1.807, 2.05) is 20.8 Å². The van der Waals surface area contributed by atoms with Gasteiger partial charge in [-0.25, -0.2) is 4.72 Å². The van der Waals surface area contributed by atoms with Crippen LogP contribution in [0.5, 0.6) is 0 Å². The largest absolute Gasteiger partial charge is 0.588 e. The highest BCUT2D eigenvalue weighted by Crippen LogP contribution is 2.52. The van der Waals surface area contributed by atoms with Gasteiger partial charge in [-0.05, 0) is 29.2 Å². The minimum absolute atomic E-state index is 0.307. The molecule has 0 saturated carbocycles. The monoisotopic (exact) mass is 455 g/mol. The number of halogens is 6. The summed E-state index contributed by atoms with van der Waals surface area (Å²) in [4.78, 5) is -0.368. The van der Waals surface area contributed by atoms with E-state index in [4.69, 9.17) is 0 Å². The number of hydrogen-bond acceptors (Lipinski definition) is 3. The summed E-state index contributed by atoms with van der Waals surface area (Å²) in [5.74, 6) is 0. The summed E-state index contributed by atoms with van der Waals surface area (Å²) in [6.45, 7) is 5.63. The normalized spacial score (nSPS) is 15.6. The van der Waals surface area contributed by atoms with Gasteiger partial charge in [0.1, 0.15) is 0 Å². The van der Waals surface area contributed by atoms with Crippen molar-refractivity contribution in [3.05, 3.63) is 59.7 Å². The van der Waals surface area contributed by atoms with Crippen molar-refractivity contribution in [2.45, 2.75) is 49.0 Å². The summed E-state index contributed by atoms with van der Waals surface area (Å²) in [6, 6.07) is 8.28. The average Bonchev–Trinajstić information content (AvgIpc) is 2.58. The summed E-state index contributed by atoms with van der Waals surface area (Å²) in [6.07, 6.45) is -12.3. The van der Waals surface area contributed by atoms with Crippen LogP contribution in [0, 0.1) is 0 Å². The second kappa shape index (κ2) is 7.54. The Morgan fingerprint density at radius 2 is 1.33 bits per heavy atom. The maximum atomic E-state index is 13.2. The molecule has 0 fully saturated rings. The lowest BCUT2D eigenvalue weighted by Crippen LogP contribution is -2.54. The Morgan fingerprint density at radius 1 is 0.867 bits per heavy atom. The molecule has 2 aromatic carbocycles. The van der Waals surface area contributed by atoms with Gasteiger partial charge in [-0.1, -0.05) is 55.3 Å². The molecule has 0 amide bonds. The smallest absolute Gasteiger partial charge is 0.430 e. The second-order valence-electron chi connectivity index (χ2n) is 7.63. The van der Waals surface area contributed by atoms with Crippen molar-refractivity contribution in [3.63, 3.8) is 0 Å². The van der Waals surface area contributed by atoms with Gasteiger partial charge < -0.3 is 9.66 Å². The van der Waals surface area contributed by atoms with E-state index in [1.165, 1.54) is 24.3 Å². The lowest BCUT2D eigenvalue weighted by atomic mass is 9.87. The van der Waals surface area contributed by atoms with Gasteiger partial charge in [0.15, 0.2) is 15.3 Å². The van der Waals surface area contributed by atoms with E-state index in [0.29, 0.717) is 12.1 Å². The van der Waals surface area contributed by atoms with Crippen LogP contribution in [0.3, 0.4) is 0 Å². The predicted molar refractivity (Wildman–Crippen MR) is 98.3 cm³/mol. The molecule has 11 heteroatoms. The molecular formula is C19H19F6NO3S. The van der Waals surface area contributed by atoms with Crippen LogP contribution < -0.4 is 4.72 Å². The van der Waals surface area contributed by atoms with Crippen LogP contribution in [0.1, 0.15) is 31.9 Å². The van der Waals surface area contributed by atoms with Gasteiger partial charge in [0.25, 0.3) is 5.60 Å². The first-order chi connectivity index (χ1) is 13.4. The minimum Gasteiger partial charge on any atom is -0.588 e.